The van der Waals surface area contributed by atoms with Crippen molar-refractivity contribution in [3.05, 3.63) is 107 Å². The molecule has 0 bridgehead atoms. The molecule has 2 N–H and O–H groups in total. The lowest BCUT2D eigenvalue weighted by Gasteiger charge is -2.35. The molecule has 0 fully saturated rings. The van der Waals surface area contributed by atoms with E-state index in [0.717, 1.165) is 0 Å². The van der Waals surface area contributed by atoms with Gasteiger partial charge in [-0.3, -0.25) is 9.69 Å². The number of carbonyl (C=O) groups is 3. The van der Waals surface area contributed by atoms with Crippen LogP contribution in [0.5, 0.6) is 0 Å². The van der Waals surface area contributed by atoms with E-state index < -0.39 is 12.0 Å². The van der Waals surface area contributed by atoms with Gasteiger partial charge in [0.15, 0.2) is 0 Å². The highest BCUT2D eigenvalue weighted by Crippen LogP contribution is 2.34. The number of esters is 1. The molecule has 3 amide bonds. The molecule has 1 aliphatic rings. The standard InChI is InChI=1S/C26H23N3O4/c1-17-22(24(30)27-20-9-5-3-6-10-20)23(18-13-15-19(16-14-18)25(31)33-2)28-26(32)29(17)21-11-7-4-8-12-21/h3-16,23H,1-2H3,(H,27,30)(H,28,32). The summed E-state index contributed by atoms with van der Waals surface area (Å²) < 4.78 is 4.76. The molecule has 0 spiro atoms. The molecular formula is C26H23N3O4. The normalized spacial score (nSPS) is 15.6. The van der Waals surface area contributed by atoms with Gasteiger partial charge < -0.3 is 15.4 Å². The molecule has 1 unspecified atom stereocenters. The number of anilines is 2. The van der Waals surface area contributed by atoms with E-state index in [-0.39, 0.29) is 11.9 Å². The van der Waals surface area contributed by atoms with E-state index >= 15 is 0 Å². The summed E-state index contributed by atoms with van der Waals surface area (Å²) in [5.74, 6) is -0.792. The van der Waals surface area contributed by atoms with Gasteiger partial charge in [-0.15, -0.1) is 0 Å². The van der Waals surface area contributed by atoms with E-state index in [1.807, 2.05) is 36.4 Å². The van der Waals surface area contributed by atoms with Crippen molar-refractivity contribution < 1.29 is 19.1 Å². The zero-order valence-corrected chi connectivity index (χ0v) is 18.2. The van der Waals surface area contributed by atoms with Crippen LogP contribution in [0.15, 0.2) is 96.2 Å². The molecule has 166 valence electrons. The Hall–Kier alpha value is -4.39. The number of carbonyl (C=O) groups excluding carboxylic acids is 3. The SMILES string of the molecule is COC(=O)c1ccc(C2NC(=O)N(c3ccccc3)C(C)=C2C(=O)Nc2ccccc2)cc1. The van der Waals surface area contributed by atoms with Crippen molar-refractivity contribution in [1.82, 2.24) is 5.32 Å². The van der Waals surface area contributed by atoms with Gasteiger partial charge in [0.1, 0.15) is 0 Å². The molecule has 1 heterocycles. The van der Waals surface area contributed by atoms with Crippen LogP contribution in [0, 0.1) is 0 Å². The summed E-state index contributed by atoms with van der Waals surface area (Å²) >= 11 is 0. The summed E-state index contributed by atoms with van der Waals surface area (Å²) in [6.07, 6.45) is 0. The smallest absolute Gasteiger partial charge is 0.337 e. The van der Waals surface area contributed by atoms with Crippen LogP contribution in [0.3, 0.4) is 0 Å². The second kappa shape index (κ2) is 9.40. The predicted molar refractivity (Wildman–Crippen MR) is 126 cm³/mol. The summed E-state index contributed by atoms with van der Waals surface area (Å²) in [5, 5.41) is 5.86. The summed E-state index contributed by atoms with van der Waals surface area (Å²) in [6.45, 7) is 1.75. The van der Waals surface area contributed by atoms with Gasteiger partial charge in [-0.1, -0.05) is 48.5 Å². The van der Waals surface area contributed by atoms with Crippen LogP contribution in [0.2, 0.25) is 0 Å². The fraction of sp³-hybridized carbons (Fsp3) is 0.115. The Bertz CT molecular complexity index is 1210. The van der Waals surface area contributed by atoms with E-state index in [9.17, 15) is 14.4 Å². The number of hydrogen-bond donors (Lipinski definition) is 2. The number of urea groups is 1. The second-order valence-corrected chi connectivity index (χ2v) is 7.49. The summed E-state index contributed by atoms with van der Waals surface area (Å²) in [6, 6.07) is 23.8. The van der Waals surface area contributed by atoms with E-state index in [4.69, 9.17) is 4.74 Å². The molecular weight excluding hydrogens is 418 g/mol. The molecule has 0 aromatic heterocycles. The van der Waals surface area contributed by atoms with Crippen molar-refractivity contribution in [2.75, 3.05) is 17.3 Å². The number of amides is 3. The lowest BCUT2D eigenvalue weighted by molar-refractivity contribution is -0.113. The van der Waals surface area contributed by atoms with Gasteiger partial charge in [-0.25, -0.2) is 9.59 Å². The van der Waals surface area contributed by atoms with E-state index in [2.05, 4.69) is 10.6 Å². The lowest BCUT2D eigenvalue weighted by atomic mass is 9.93. The molecule has 7 heteroatoms. The molecule has 7 nitrogen and oxygen atoms in total. The Morgan fingerprint density at radius 3 is 2.12 bits per heavy atom. The second-order valence-electron chi connectivity index (χ2n) is 7.49. The number of ether oxygens (including phenoxy) is 1. The van der Waals surface area contributed by atoms with E-state index in [0.29, 0.717) is 33.8 Å². The van der Waals surface area contributed by atoms with Gasteiger partial charge >= 0.3 is 12.0 Å². The first-order valence-corrected chi connectivity index (χ1v) is 10.4. The third kappa shape index (κ3) is 4.48. The Labute approximate surface area is 191 Å². The molecule has 1 aliphatic heterocycles. The summed E-state index contributed by atoms with van der Waals surface area (Å²) in [7, 11) is 1.31. The fourth-order valence-electron chi connectivity index (χ4n) is 3.82. The Morgan fingerprint density at radius 2 is 1.52 bits per heavy atom. The number of benzene rings is 3. The minimum absolute atomic E-state index is 0.332. The molecule has 3 aromatic rings. The number of methoxy groups -OCH3 is 1. The first kappa shape index (κ1) is 21.8. The molecule has 0 saturated heterocycles. The van der Waals surface area contributed by atoms with Crippen LogP contribution < -0.4 is 15.5 Å². The van der Waals surface area contributed by atoms with Gasteiger partial charge in [0.05, 0.1) is 30.0 Å². The Kier molecular flexibility index (Phi) is 6.22. The van der Waals surface area contributed by atoms with Crippen LogP contribution in [-0.2, 0) is 9.53 Å². The van der Waals surface area contributed by atoms with Crippen molar-refractivity contribution in [3.8, 4) is 0 Å². The molecule has 4 rings (SSSR count). The summed E-state index contributed by atoms with van der Waals surface area (Å²) in [4.78, 5) is 39.9. The van der Waals surface area contributed by atoms with Gasteiger partial charge in [-0.05, 0) is 48.9 Å². The molecule has 3 aromatic carbocycles. The molecule has 1 atom stereocenters. The average Bonchev–Trinajstić information content (AvgIpc) is 2.84. The zero-order valence-electron chi connectivity index (χ0n) is 18.2. The highest BCUT2D eigenvalue weighted by molar-refractivity contribution is 6.10. The summed E-state index contributed by atoms with van der Waals surface area (Å²) in [5.41, 5.74) is 3.25. The fourth-order valence-corrected chi connectivity index (χ4v) is 3.82. The number of para-hydroxylation sites is 2. The van der Waals surface area contributed by atoms with Gasteiger partial charge in [0, 0.05) is 11.4 Å². The third-order valence-corrected chi connectivity index (χ3v) is 5.44. The van der Waals surface area contributed by atoms with E-state index in [1.54, 1.807) is 55.5 Å². The Morgan fingerprint density at radius 1 is 0.909 bits per heavy atom. The molecule has 0 aliphatic carbocycles. The average molecular weight is 441 g/mol. The van der Waals surface area contributed by atoms with Crippen molar-refractivity contribution in [1.29, 1.82) is 0 Å². The first-order chi connectivity index (χ1) is 16.0. The highest BCUT2D eigenvalue weighted by Gasteiger charge is 2.36. The molecule has 0 radical (unpaired) electrons. The van der Waals surface area contributed by atoms with Crippen molar-refractivity contribution in [2.24, 2.45) is 0 Å². The minimum Gasteiger partial charge on any atom is -0.465 e. The largest absolute Gasteiger partial charge is 0.465 e. The van der Waals surface area contributed by atoms with Crippen molar-refractivity contribution in [2.45, 2.75) is 13.0 Å². The maximum atomic E-state index is 13.4. The highest BCUT2D eigenvalue weighted by atomic mass is 16.5. The van der Waals surface area contributed by atoms with Gasteiger partial charge in [0.2, 0.25) is 0 Å². The molecule has 0 saturated carbocycles. The number of nitrogens with one attached hydrogen (secondary N) is 2. The first-order valence-electron chi connectivity index (χ1n) is 10.4. The van der Waals surface area contributed by atoms with Gasteiger partial charge in [0.25, 0.3) is 5.91 Å². The topological polar surface area (TPSA) is 87.7 Å². The van der Waals surface area contributed by atoms with Gasteiger partial charge in [-0.2, -0.15) is 0 Å². The monoisotopic (exact) mass is 441 g/mol. The predicted octanol–water partition coefficient (Wildman–Crippen LogP) is 4.66. The van der Waals surface area contributed by atoms with E-state index in [1.165, 1.54) is 12.0 Å². The van der Waals surface area contributed by atoms with Crippen molar-refractivity contribution >= 4 is 29.3 Å². The van der Waals surface area contributed by atoms with Crippen LogP contribution >= 0.6 is 0 Å². The van der Waals surface area contributed by atoms with Crippen molar-refractivity contribution in [3.63, 3.8) is 0 Å². The van der Waals surface area contributed by atoms with Crippen LogP contribution in [0.25, 0.3) is 0 Å². The Balaban J connectivity index is 1.77. The number of hydrogen-bond acceptors (Lipinski definition) is 4. The number of nitrogens with zero attached hydrogens (tertiary/aromatic N) is 1. The lowest BCUT2D eigenvalue weighted by Crippen LogP contribution is -2.48. The quantitative estimate of drug-likeness (QED) is 0.564. The number of rotatable bonds is 5. The van der Waals surface area contributed by atoms with Crippen LogP contribution in [0.1, 0.15) is 28.9 Å². The number of allylic oxidation sites excluding steroid dienone is 1. The third-order valence-electron chi connectivity index (χ3n) is 5.44. The van der Waals surface area contributed by atoms with Crippen LogP contribution in [0.4, 0.5) is 16.2 Å². The zero-order chi connectivity index (χ0) is 23.4. The maximum Gasteiger partial charge on any atom is 0.337 e. The maximum absolute atomic E-state index is 13.4. The molecule has 33 heavy (non-hydrogen) atoms. The van der Waals surface area contributed by atoms with Crippen LogP contribution in [-0.4, -0.2) is 25.0 Å². The minimum atomic E-state index is -0.701.